The number of carbonyl (C=O) groups excluding carboxylic acids is 1. The number of nitrogens with one attached hydrogen (secondary N) is 1. The highest BCUT2D eigenvalue weighted by Crippen LogP contribution is 2.33. The quantitative estimate of drug-likeness (QED) is 0.868. The second-order valence-corrected chi connectivity index (χ2v) is 5.67. The van der Waals surface area contributed by atoms with E-state index in [1.54, 1.807) is 44.6 Å². The van der Waals surface area contributed by atoms with Crippen molar-refractivity contribution in [2.75, 3.05) is 19.5 Å². The standard InChI is InChI=1S/C19H23NO4/c1-12(2)24-15-8-6-14(7-9-15)19(21)20-16-11-18(23-5)17(22-4)10-13(16)3/h6-12H,1-5H3,(H,20,21). The Morgan fingerprint density at radius 2 is 1.58 bits per heavy atom. The minimum Gasteiger partial charge on any atom is -0.493 e. The summed E-state index contributed by atoms with van der Waals surface area (Å²) in [4.78, 5) is 12.4. The molecule has 128 valence electrons. The number of hydrogen-bond donors (Lipinski definition) is 1. The van der Waals surface area contributed by atoms with Crippen LogP contribution in [0.1, 0.15) is 29.8 Å². The van der Waals surface area contributed by atoms with Crippen LogP contribution in [0.4, 0.5) is 5.69 Å². The zero-order chi connectivity index (χ0) is 17.7. The van der Waals surface area contributed by atoms with E-state index in [0.29, 0.717) is 22.7 Å². The van der Waals surface area contributed by atoms with E-state index in [0.717, 1.165) is 11.3 Å². The van der Waals surface area contributed by atoms with Gasteiger partial charge < -0.3 is 19.5 Å². The number of amides is 1. The van der Waals surface area contributed by atoms with Gasteiger partial charge in [-0.15, -0.1) is 0 Å². The Morgan fingerprint density at radius 3 is 2.12 bits per heavy atom. The number of methoxy groups -OCH3 is 2. The van der Waals surface area contributed by atoms with Crippen LogP contribution in [0.2, 0.25) is 0 Å². The van der Waals surface area contributed by atoms with Gasteiger partial charge in [-0.05, 0) is 56.7 Å². The molecule has 0 unspecified atom stereocenters. The Balaban J connectivity index is 2.17. The second kappa shape index (κ2) is 7.73. The summed E-state index contributed by atoms with van der Waals surface area (Å²) in [6, 6.07) is 10.6. The molecule has 0 heterocycles. The molecule has 0 aliphatic rings. The fraction of sp³-hybridized carbons (Fsp3) is 0.316. The Labute approximate surface area is 142 Å². The topological polar surface area (TPSA) is 56.8 Å². The smallest absolute Gasteiger partial charge is 0.255 e. The lowest BCUT2D eigenvalue weighted by Gasteiger charge is -2.14. The fourth-order valence-corrected chi connectivity index (χ4v) is 2.27. The van der Waals surface area contributed by atoms with E-state index in [9.17, 15) is 4.79 Å². The van der Waals surface area contributed by atoms with E-state index in [2.05, 4.69) is 5.32 Å². The van der Waals surface area contributed by atoms with Crippen LogP contribution >= 0.6 is 0 Å². The van der Waals surface area contributed by atoms with Gasteiger partial charge in [0.2, 0.25) is 0 Å². The molecule has 1 N–H and O–H groups in total. The van der Waals surface area contributed by atoms with Crippen molar-refractivity contribution in [2.45, 2.75) is 26.9 Å². The van der Waals surface area contributed by atoms with Gasteiger partial charge in [0.1, 0.15) is 5.75 Å². The zero-order valence-electron chi connectivity index (χ0n) is 14.7. The van der Waals surface area contributed by atoms with Gasteiger partial charge in [-0.2, -0.15) is 0 Å². The van der Waals surface area contributed by atoms with E-state index >= 15 is 0 Å². The molecule has 1 amide bonds. The van der Waals surface area contributed by atoms with Crippen LogP contribution in [0, 0.1) is 6.92 Å². The molecule has 0 aromatic heterocycles. The minimum absolute atomic E-state index is 0.0964. The van der Waals surface area contributed by atoms with E-state index in [1.807, 2.05) is 26.8 Å². The summed E-state index contributed by atoms with van der Waals surface area (Å²) >= 11 is 0. The van der Waals surface area contributed by atoms with Crippen molar-refractivity contribution < 1.29 is 19.0 Å². The van der Waals surface area contributed by atoms with Gasteiger partial charge >= 0.3 is 0 Å². The Kier molecular flexibility index (Phi) is 5.68. The third-order valence-electron chi connectivity index (χ3n) is 3.47. The molecule has 0 bridgehead atoms. The molecule has 0 atom stereocenters. The molecule has 5 heteroatoms. The van der Waals surface area contributed by atoms with Gasteiger partial charge in [0, 0.05) is 17.3 Å². The first-order valence-electron chi connectivity index (χ1n) is 7.75. The zero-order valence-corrected chi connectivity index (χ0v) is 14.7. The number of benzene rings is 2. The SMILES string of the molecule is COc1cc(C)c(NC(=O)c2ccc(OC(C)C)cc2)cc1OC. The lowest BCUT2D eigenvalue weighted by molar-refractivity contribution is 0.102. The van der Waals surface area contributed by atoms with E-state index in [-0.39, 0.29) is 12.0 Å². The largest absolute Gasteiger partial charge is 0.493 e. The van der Waals surface area contributed by atoms with Crippen molar-refractivity contribution in [3.05, 3.63) is 47.5 Å². The Morgan fingerprint density at radius 1 is 1.00 bits per heavy atom. The van der Waals surface area contributed by atoms with Crippen LogP contribution < -0.4 is 19.5 Å². The van der Waals surface area contributed by atoms with Crippen LogP contribution in [0.25, 0.3) is 0 Å². The van der Waals surface area contributed by atoms with Crippen LogP contribution in [0.5, 0.6) is 17.2 Å². The monoisotopic (exact) mass is 329 g/mol. The predicted octanol–water partition coefficient (Wildman–Crippen LogP) is 4.05. The third-order valence-corrected chi connectivity index (χ3v) is 3.47. The summed E-state index contributed by atoms with van der Waals surface area (Å²) in [6.45, 7) is 5.82. The number of ether oxygens (including phenoxy) is 3. The van der Waals surface area contributed by atoms with Gasteiger partial charge in [-0.1, -0.05) is 0 Å². The van der Waals surface area contributed by atoms with Crippen molar-refractivity contribution in [2.24, 2.45) is 0 Å². The molecular weight excluding hydrogens is 306 g/mol. The summed E-state index contributed by atoms with van der Waals surface area (Å²) in [5.74, 6) is 1.74. The normalized spacial score (nSPS) is 10.4. The van der Waals surface area contributed by atoms with Crippen LogP contribution in [0.3, 0.4) is 0 Å². The van der Waals surface area contributed by atoms with Crippen LogP contribution in [-0.2, 0) is 0 Å². The first kappa shape index (κ1) is 17.7. The molecule has 0 radical (unpaired) electrons. The maximum absolute atomic E-state index is 12.4. The van der Waals surface area contributed by atoms with Gasteiger partial charge in [-0.3, -0.25) is 4.79 Å². The molecule has 24 heavy (non-hydrogen) atoms. The summed E-state index contributed by atoms with van der Waals surface area (Å²) in [5.41, 5.74) is 2.13. The number of anilines is 1. The third kappa shape index (κ3) is 4.19. The number of carbonyl (C=O) groups is 1. The highest BCUT2D eigenvalue weighted by atomic mass is 16.5. The van der Waals surface area contributed by atoms with Crippen LogP contribution in [-0.4, -0.2) is 26.2 Å². The van der Waals surface area contributed by atoms with E-state index < -0.39 is 0 Å². The Hall–Kier alpha value is -2.69. The summed E-state index contributed by atoms with van der Waals surface area (Å²) in [7, 11) is 3.14. The summed E-state index contributed by atoms with van der Waals surface area (Å²) in [6.07, 6.45) is 0.0964. The van der Waals surface area contributed by atoms with Crippen molar-refractivity contribution in [3.63, 3.8) is 0 Å². The fourth-order valence-electron chi connectivity index (χ4n) is 2.27. The minimum atomic E-state index is -0.193. The Bertz CT molecular complexity index is 708. The molecule has 2 aromatic carbocycles. The van der Waals surface area contributed by atoms with Gasteiger partial charge in [0.05, 0.1) is 20.3 Å². The molecular formula is C19H23NO4. The molecule has 0 saturated heterocycles. The number of rotatable bonds is 6. The second-order valence-electron chi connectivity index (χ2n) is 5.67. The maximum Gasteiger partial charge on any atom is 0.255 e. The molecule has 0 aliphatic heterocycles. The van der Waals surface area contributed by atoms with Crippen LogP contribution in [0.15, 0.2) is 36.4 Å². The molecule has 0 fully saturated rings. The van der Waals surface area contributed by atoms with Crippen molar-refractivity contribution >= 4 is 11.6 Å². The molecule has 0 saturated carbocycles. The van der Waals surface area contributed by atoms with E-state index in [4.69, 9.17) is 14.2 Å². The molecule has 0 spiro atoms. The van der Waals surface area contributed by atoms with Gasteiger partial charge in [-0.25, -0.2) is 0 Å². The number of aryl methyl sites for hydroxylation is 1. The maximum atomic E-state index is 12.4. The van der Waals surface area contributed by atoms with Crippen molar-refractivity contribution in [1.29, 1.82) is 0 Å². The average molecular weight is 329 g/mol. The van der Waals surface area contributed by atoms with Gasteiger partial charge in [0.15, 0.2) is 11.5 Å². The summed E-state index contributed by atoms with van der Waals surface area (Å²) < 4.78 is 16.1. The lowest BCUT2D eigenvalue weighted by atomic mass is 10.1. The first-order valence-corrected chi connectivity index (χ1v) is 7.75. The molecule has 2 aromatic rings. The van der Waals surface area contributed by atoms with Crippen molar-refractivity contribution in [3.8, 4) is 17.2 Å². The summed E-state index contributed by atoms with van der Waals surface area (Å²) in [5, 5.41) is 2.90. The molecule has 0 aliphatic carbocycles. The molecule has 5 nitrogen and oxygen atoms in total. The van der Waals surface area contributed by atoms with Gasteiger partial charge in [0.25, 0.3) is 5.91 Å². The highest BCUT2D eigenvalue weighted by Gasteiger charge is 2.12. The first-order chi connectivity index (χ1) is 11.4. The highest BCUT2D eigenvalue weighted by molar-refractivity contribution is 6.04. The average Bonchev–Trinajstić information content (AvgIpc) is 2.56. The molecule has 2 rings (SSSR count). The van der Waals surface area contributed by atoms with E-state index in [1.165, 1.54) is 0 Å². The number of hydrogen-bond acceptors (Lipinski definition) is 4. The lowest BCUT2D eigenvalue weighted by Crippen LogP contribution is -2.13. The predicted molar refractivity (Wildman–Crippen MR) is 94.4 cm³/mol. The van der Waals surface area contributed by atoms with Crippen molar-refractivity contribution in [1.82, 2.24) is 0 Å².